The molecule has 2 heterocycles. The zero-order valence-electron chi connectivity index (χ0n) is 12.0. The van der Waals surface area contributed by atoms with E-state index in [2.05, 4.69) is 20.3 Å². The molecule has 2 rings (SSSR count). The zero-order valence-corrected chi connectivity index (χ0v) is 12.0. The predicted molar refractivity (Wildman–Crippen MR) is 74.1 cm³/mol. The molecular formula is C13H16N4O4. The van der Waals surface area contributed by atoms with E-state index in [9.17, 15) is 14.4 Å². The van der Waals surface area contributed by atoms with Crippen molar-refractivity contribution in [3.05, 3.63) is 28.3 Å². The fourth-order valence-corrected chi connectivity index (χ4v) is 1.97. The average Bonchev–Trinajstić information content (AvgIpc) is 2.78. The van der Waals surface area contributed by atoms with Crippen molar-refractivity contribution in [2.24, 2.45) is 0 Å². The molecule has 2 aliphatic heterocycles. The zero-order chi connectivity index (χ0) is 15.6. The number of ether oxygens (including phenoxy) is 1. The monoisotopic (exact) mass is 292 g/mol. The van der Waals surface area contributed by atoms with E-state index in [-0.39, 0.29) is 35.3 Å². The second-order valence-electron chi connectivity index (χ2n) is 4.87. The highest BCUT2D eigenvalue weighted by atomic mass is 16.5. The number of amides is 1. The Kier molecular flexibility index (Phi) is 4.06. The number of esters is 1. The van der Waals surface area contributed by atoms with E-state index in [1.807, 2.05) is 13.8 Å². The summed E-state index contributed by atoms with van der Waals surface area (Å²) in [5.74, 6) is -0.841. The summed E-state index contributed by atoms with van der Waals surface area (Å²) in [6.07, 6.45) is 2.92. The van der Waals surface area contributed by atoms with Crippen LogP contribution in [0.5, 0.6) is 0 Å². The third-order valence-electron chi connectivity index (χ3n) is 2.80. The first-order valence-electron chi connectivity index (χ1n) is 6.38. The summed E-state index contributed by atoms with van der Waals surface area (Å²) in [7, 11) is 1.24. The second-order valence-corrected chi connectivity index (χ2v) is 4.87. The number of carbonyl (C=O) groups excluding carboxylic acids is 2. The number of aromatic nitrogens is 3. The number of methoxy groups -OCH3 is 1. The SMILES string of the molecule is COC(=O)c1cn(CC(=O)NC(C)C)cc2c(=O)[nH]nc1-2. The molecular weight excluding hydrogens is 276 g/mol. The van der Waals surface area contributed by atoms with Gasteiger partial charge in [0.25, 0.3) is 5.56 Å². The van der Waals surface area contributed by atoms with E-state index in [4.69, 9.17) is 0 Å². The molecule has 0 aromatic carbocycles. The predicted octanol–water partition coefficient (Wildman–Crippen LogP) is -0.0126. The molecule has 0 fully saturated rings. The van der Waals surface area contributed by atoms with Crippen molar-refractivity contribution >= 4 is 11.9 Å². The minimum atomic E-state index is -0.620. The molecule has 0 aromatic rings. The molecule has 0 radical (unpaired) electrons. The summed E-state index contributed by atoms with van der Waals surface area (Å²) in [6.45, 7) is 3.68. The Morgan fingerprint density at radius 3 is 2.76 bits per heavy atom. The number of H-pyrrole nitrogens is 1. The van der Waals surface area contributed by atoms with Crippen molar-refractivity contribution in [2.75, 3.05) is 7.11 Å². The molecule has 8 nitrogen and oxygen atoms in total. The number of rotatable bonds is 4. The number of pyridine rings is 1. The molecule has 21 heavy (non-hydrogen) atoms. The van der Waals surface area contributed by atoms with Gasteiger partial charge < -0.3 is 14.6 Å². The van der Waals surface area contributed by atoms with E-state index in [0.717, 1.165) is 0 Å². The van der Waals surface area contributed by atoms with Gasteiger partial charge in [0, 0.05) is 18.4 Å². The molecule has 2 aliphatic rings. The Hall–Kier alpha value is -2.64. The second kappa shape index (κ2) is 5.78. The van der Waals surface area contributed by atoms with Gasteiger partial charge in [-0.1, -0.05) is 0 Å². The first kappa shape index (κ1) is 14.8. The fourth-order valence-electron chi connectivity index (χ4n) is 1.97. The number of aromatic amines is 1. The largest absolute Gasteiger partial charge is 0.465 e. The molecule has 112 valence electrons. The van der Waals surface area contributed by atoms with Crippen molar-refractivity contribution in [3.8, 4) is 11.3 Å². The molecule has 0 atom stereocenters. The van der Waals surface area contributed by atoms with Crippen molar-refractivity contribution < 1.29 is 14.3 Å². The van der Waals surface area contributed by atoms with Crippen LogP contribution in [0, 0.1) is 0 Å². The van der Waals surface area contributed by atoms with Gasteiger partial charge >= 0.3 is 5.97 Å². The molecule has 1 amide bonds. The summed E-state index contributed by atoms with van der Waals surface area (Å²) in [5, 5.41) is 8.82. The highest BCUT2D eigenvalue weighted by Gasteiger charge is 2.22. The molecule has 0 aromatic heterocycles. The van der Waals surface area contributed by atoms with Crippen LogP contribution in [0.3, 0.4) is 0 Å². The van der Waals surface area contributed by atoms with Gasteiger partial charge in [0.05, 0.1) is 12.7 Å². The minimum absolute atomic E-state index is 0.00547. The quantitative estimate of drug-likeness (QED) is 0.771. The lowest BCUT2D eigenvalue weighted by Crippen LogP contribution is -2.33. The van der Waals surface area contributed by atoms with Crippen LogP contribution in [-0.4, -0.2) is 39.8 Å². The van der Waals surface area contributed by atoms with Gasteiger partial charge in [-0.3, -0.25) is 9.59 Å². The van der Waals surface area contributed by atoms with Crippen LogP contribution in [0.4, 0.5) is 0 Å². The lowest BCUT2D eigenvalue weighted by atomic mass is 10.1. The third-order valence-corrected chi connectivity index (χ3v) is 2.80. The first-order chi connectivity index (χ1) is 9.92. The normalized spacial score (nSPS) is 10.9. The number of nitrogens with one attached hydrogen (secondary N) is 2. The summed E-state index contributed by atoms with van der Waals surface area (Å²) >= 11 is 0. The Bertz CT molecular complexity index is 701. The van der Waals surface area contributed by atoms with Crippen LogP contribution < -0.4 is 10.9 Å². The maximum Gasteiger partial charge on any atom is 0.341 e. The standard InChI is InChI=1S/C13H16N4O4/c1-7(2)14-10(18)6-17-4-8-11(15-16-12(8)19)9(5-17)13(20)21-3/h4-5,7H,6H2,1-3H3,(H,14,18)(H,16,19). The molecule has 2 N–H and O–H groups in total. The molecule has 0 aliphatic carbocycles. The Labute approximate surface area is 120 Å². The fraction of sp³-hybridized carbons (Fsp3) is 0.385. The number of hydrogen-bond acceptors (Lipinski definition) is 5. The van der Waals surface area contributed by atoms with Crippen LogP contribution in [0.2, 0.25) is 0 Å². The highest BCUT2D eigenvalue weighted by Crippen LogP contribution is 2.20. The molecule has 0 saturated heterocycles. The summed E-state index contributed by atoms with van der Waals surface area (Å²) in [6, 6.07) is 0.00547. The van der Waals surface area contributed by atoms with Gasteiger partial charge in [-0.25, -0.2) is 9.89 Å². The van der Waals surface area contributed by atoms with Crippen molar-refractivity contribution in [2.45, 2.75) is 26.4 Å². The van der Waals surface area contributed by atoms with E-state index < -0.39 is 11.5 Å². The maximum absolute atomic E-state index is 11.8. The Morgan fingerprint density at radius 1 is 1.43 bits per heavy atom. The Balaban J connectivity index is 2.42. The summed E-state index contributed by atoms with van der Waals surface area (Å²) in [4.78, 5) is 35.2. The van der Waals surface area contributed by atoms with Gasteiger partial charge in [-0.15, -0.1) is 0 Å². The number of hydrogen-bond donors (Lipinski definition) is 2. The topological polar surface area (TPSA) is 106 Å². The van der Waals surface area contributed by atoms with E-state index >= 15 is 0 Å². The van der Waals surface area contributed by atoms with Gasteiger partial charge in [0.1, 0.15) is 17.8 Å². The lowest BCUT2D eigenvalue weighted by molar-refractivity contribution is -0.122. The number of nitrogens with zero attached hydrogens (tertiary/aromatic N) is 2. The summed E-state index contributed by atoms with van der Waals surface area (Å²) < 4.78 is 6.13. The van der Waals surface area contributed by atoms with Crippen LogP contribution in [0.25, 0.3) is 11.3 Å². The van der Waals surface area contributed by atoms with E-state index in [0.29, 0.717) is 0 Å². The maximum atomic E-state index is 11.8. The highest BCUT2D eigenvalue weighted by molar-refractivity contribution is 5.96. The van der Waals surface area contributed by atoms with Crippen molar-refractivity contribution in [3.63, 3.8) is 0 Å². The number of fused-ring (bicyclic) bond motifs is 1. The summed E-state index contributed by atoms with van der Waals surface area (Å²) in [5.41, 5.74) is 0.169. The third kappa shape index (κ3) is 3.10. The molecule has 0 unspecified atom stereocenters. The molecule has 8 heteroatoms. The molecule has 0 saturated carbocycles. The average molecular weight is 292 g/mol. The Morgan fingerprint density at radius 2 is 2.14 bits per heavy atom. The van der Waals surface area contributed by atoms with Gasteiger partial charge in [-0.05, 0) is 13.8 Å². The number of carbonyl (C=O) groups is 2. The molecule has 0 bridgehead atoms. The van der Waals surface area contributed by atoms with Crippen molar-refractivity contribution in [1.29, 1.82) is 0 Å². The van der Waals surface area contributed by atoms with Crippen LogP contribution >= 0.6 is 0 Å². The van der Waals surface area contributed by atoms with Gasteiger partial charge in [0.2, 0.25) is 5.91 Å². The van der Waals surface area contributed by atoms with E-state index in [1.165, 1.54) is 24.1 Å². The van der Waals surface area contributed by atoms with Gasteiger partial charge in [0.15, 0.2) is 0 Å². The van der Waals surface area contributed by atoms with E-state index in [1.54, 1.807) is 0 Å². The van der Waals surface area contributed by atoms with Crippen LogP contribution in [-0.2, 0) is 16.1 Å². The van der Waals surface area contributed by atoms with Crippen molar-refractivity contribution in [1.82, 2.24) is 20.1 Å². The lowest BCUT2D eigenvalue weighted by Gasteiger charge is -2.13. The van der Waals surface area contributed by atoms with Gasteiger partial charge in [-0.2, -0.15) is 5.10 Å². The van der Waals surface area contributed by atoms with Crippen LogP contribution in [0.15, 0.2) is 17.2 Å². The first-order valence-corrected chi connectivity index (χ1v) is 6.38. The molecule has 0 spiro atoms. The smallest absolute Gasteiger partial charge is 0.341 e. The minimum Gasteiger partial charge on any atom is -0.465 e. The van der Waals surface area contributed by atoms with Crippen LogP contribution in [0.1, 0.15) is 24.2 Å².